The van der Waals surface area contributed by atoms with Gasteiger partial charge in [0.2, 0.25) is 10.0 Å². The number of hydrogen-bond acceptors (Lipinski definition) is 5. The zero-order valence-electron chi connectivity index (χ0n) is 17.4. The quantitative estimate of drug-likeness (QED) is 0.365. The van der Waals surface area contributed by atoms with E-state index in [1.807, 2.05) is 30.3 Å². The van der Waals surface area contributed by atoms with Crippen molar-refractivity contribution in [1.29, 1.82) is 0 Å². The molecule has 3 rings (SSSR count). The molecule has 1 atom stereocenters. The lowest BCUT2D eigenvalue weighted by atomic mass is 10.00. The van der Waals surface area contributed by atoms with Crippen LogP contribution in [0.2, 0.25) is 5.02 Å². The second-order valence-electron chi connectivity index (χ2n) is 6.95. The van der Waals surface area contributed by atoms with Gasteiger partial charge >= 0.3 is 5.97 Å². The van der Waals surface area contributed by atoms with Gasteiger partial charge in [0, 0.05) is 23.5 Å². The second-order valence-corrected chi connectivity index (χ2v) is 9.10. The Balaban J connectivity index is 1.80. The molecule has 6 nitrogen and oxygen atoms in total. The maximum atomic E-state index is 12.9. The molecule has 0 aliphatic carbocycles. The summed E-state index contributed by atoms with van der Waals surface area (Å²) in [7, 11) is -3.78. The molecule has 0 aliphatic heterocycles. The summed E-state index contributed by atoms with van der Waals surface area (Å²) >= 11 is 5.88. The average molecular weight is 471 g/mol. The van der Waals surface area contributed by atoms with Crippen LogP contribution in [-0.4, -0.2) is 26.0 Å². The number of esters is 1. The number of ether oxygens (including phenoxy) is 1. The van der Waals surface area contributed by atoms with Gasteiger partial charge in [-0.2, -0.15) is 0 Å². The maximum absolute atomic E-state index is 12.9. The second kappa shape index (κ2) is 11.0. The lowest BCUT2D eigenvalue weighted by Gasteiger charge is -2.19. The summed E-state index contributed by atoms with van der Waals surface area (Å²) < 4.78 is 33.5. The molecule has 0 radical (unpaired) electrons. The van der Waals surface area contributed by atoms with Crippen molar-refractivity contribution in [3.63, 3.8) is 0 Å². The number of sulfonamides is 1. The fourth-order valence-electron chi connectivity index (χ4n) is 3.03. The van der Waals surface area contributed by atoms with E-state index in [0.29, 0.717) is 18.1 Å². The maximum Gasteiger partial charge on any atom is 0.330 e. The lowest BCUT2D eigenvalue weighted by molar-refractivity contribution is -0.137. The predicted molar refractivity (Wildman–Crippen MR) is 125 cm³/mol. The average Bonchev–Trinajstić information content (AvgIpc) is 2.79. The van der Waals surface area contributed by atoms with Gasteiger partial charge in [-0.3, -0.25) is 4.98 Å². The van der Waals surface area contributed by atoms with E-state index < -0.39 is 22.0 Å². The number of nitrogens with one attached hydrogen (secondary N) is 1. The van der Waals surface area contributed by atoms with Crippen LogP contribution in [-0.2, 0) is 26.0 Å². The van der Waals surface area contributed by atoms with Crippen LogP contribution in [0.5, 0.6) is 0 Å². The summed E-state index contributed by atoms with van der Waals surface area (Å²) in [6.07, 6.45) is 6.74. The highest BCUT2D eigenvalue weighted by Crippen LogP contribution is 2.22. The molecular weight excluding hydrogens is 448 g/mol. The summed E-state index contributed by atoms with van der Waals surface area (Å²) in [4.78, 5) is 15.7. The fourth-order valence-corrected chi connectivity index (χ4v) is 4.38. The molecule has 3 aromatic rings. The molecule has 0 spiro atoms. The van der Waals surface area contributed by atoms with Crippen molar-refractivity contribution in [3.8, 4) is 0 Å². The summed E-state index contributed by atoms with van der Waals surface area (Å²) in [5.74, 6) is -0.398. The molecule has 0 fully saturated rings. The third kappa shape index (κ3) is 6.75. The number of pyridine rings is 1. The Hall–Kier alpha value is -3.00. The van der Waals surface area contributed by atoms with E-state index in [1.165, 1.54) is 30.3 Å². The third-order valence-electron chi connectivity index (χ3n) is 4.63. The van der Waals surface area contributed by atoms with Crippen LogP contribution in [0.3, 0.4) is 0 Å². The van der Waals surface area contributed by atoms with Gasteiger partial charge in [-0.25, -0.2) is 17.9 Å². The Morgan fingerprint density at radius 3 is 2.47 bits per heavy atom. The largest absolute Gasteiger partial charge is 0.463 e. The molecule has 1 unspecified atom stereocenters. The van der Waals surface area contributed by atoms with Crippen LogP contribution in [0.1, 0.15) is 29.7 Å². The molecule has 0 saturated heterocycles. The van der Waals surface area contributed by atoms with Gasteiger partial charge in [-0.05, 0) is 66.4 Å². The van der Waals surface area contributed by atoms with E-state index in [2.05, 4.69) is 9.71 Å². The SMILES string of the molecule is CCOC(=O)C=Cc1ccc(CC(NS(=O)(=O)c2ccc(Cl)cc2)c2cccnc2)cc1. The zero-order valence-corrected chi connectivity index (χ0v) is 19.0. The standard InChI is InChI=1S/C24H23ClN2O4S/c1-2-31-24(28)14-9-18-5-7-19(8-6-18)16-23(20-4-3-15-26-17-20)27-32(29,30)22-12-10-21(25)11-13-22/h3-15,17,23,27H,2,16H2,1H3. The van der Waals surface area contributed by atoms with Crippen LogP contribution in [0.4, 0.5) is 0 Å². The first-order chi connectivity index (χ1) is 15.4. The summed E-state index contributed by atoms with van der Waals surface area (Å²) in [5, 5.41) is 0.463. The highest BCUT2D eigenvalue weighted by molar-refractivity contribution is 7.89. The highest BCUT2D eigenvalue weighted by atomic mass is 35.5. The number of hydrogen-bond donors (Lipinski definition) is 1. The fraction of sp³-hybridized carbons (Fsp3) is 0.167. The Morgan fingerprint density at radius 2 is 1.84 bits per heavy atom. The van der Waals surface area contributed by atoms with E-state index in [9.17, 15) is 13.2 Å². The molecular formula is C24H23ClN2O4S. The lowest BCUT2D eigenvalue weighted by Crippen LogP contribution is -2.30. The van der Waals surface area contributed by atoms with Crippen LogP contribution in [0, 0.1) is 0 Å². The van der Waals surface area contributed by atoms with Crippen molar-refractivity contribution in [1.82, 2.24) is 9.71 Å². The van der Waals surface area contributed by atoms with E-state index in [4.69, 9.17) is 16.3 Å². The smallest absolute Gasteiger partial charge is 0.330 e. The first kappa shape index (κ1) is 23.7. The molecule has 166 valence electrons. The van der Waals surface area contributed by atoms with Crippen LogP contribution >= 0.6 is 11.6 Å². The molecule has 0 amide bonds. The topological polar surface area (TPSA) is 85.4 Å². The first-order valence-corrected chi connectivity index (χ1v) is 11.8. The van der Waals surface area contributed by atoms with Crippen molar-refractivity contribution in [2.24, 2.45) is 0 Å². The number of carbonyl (C=O) groups is 1. The van der Waals surface area contributed by atoms with Crippen molar-refractivity contribution in [2.75, 3.05) is 6.61 Å². The van der Waals surface area contributed by atoms with Gasteiger partial charge in [0.05, 0.1) is 17.5 Å². The molecule has 0 aliphatic rings. The van der Waals surface area contributed by atoms with Crippen LogP contribution < -0.4 is 4.72 Å². The van der Waals surface area contributed by atoms with E-state index >= 15 is 0 Å². The summed E-state index contributed by atoms with van der Waals surface area (Å²) in [6, 6.07) is 16.6. The minimum absolute atomic E-state index is 0.134. The van der Waals surface area contributed by atoms with Crippen molar-refractivity contribution >= 4 is 33.7 Å². The molecule has 0 saturated carbocycles. The molecule has 8 heteroatoms. The molecule has 1 N–H and O–H groups in total. The number of carbonyl (C=O) groups excluding carboxylic acids is 1. The van der Waals surface area contributed by atoms with E-state index in [-0.39, 0.29) is 4.90 Å². The van der Waals surface area contributed by atoms with Crippen molar-refractivity contribution in [3.05, 3.63) is 101 Å². The number of halogens is 1. The normalized spacial score (nSPS) is 12.6. The summed E-state index contributed by atoms with van der Waals surface area (Å²) in [6.45, 7) is 2.07. The van der Waals surface area contributed by atoms with Gasteiger partial charge in [0.15, 0.2) is 0 Å². The van der Waals surface area contributed by atoms with Gasteiger partial charge in [-0.15, -0.1) is 0 Å². The summed E-state index contributed by atoms with van der Waals surface area (Å²) in [5.41, 5.74) is 2.50. The number of rotatable bonds is 9. The third-order valence-corrected chi connectivity index (χ3v) is 6.37. The zero-order chi connectivity index (χ0) is 23.0. The van der Waals surface area contributed by atoms with Gasteiger partial charge < -0.3 is 4.74 Å². The number of aromatic nitrogens is 1. The highest BCUT2D eigenvalue weighted by Gasteiger charge is 2.22. The van der Waals surface area contributed by atoms with Crippen LogP contribution in [0.15, 0.2) is 84.0 Å². The van der Waals surface area contributed by atoms with Gasteiger partial charge in [0.1, 0.15) is 0 Å². The minimum atomic E-state index is -3.78. The van der Waals surface area contributed by atoms with Gasteiger partial charge in [-0.1, -0.05) is 41.9 Å². The Kier molecular flexibility index (Phi) is 8.16. The van der Waals surface area contributed by atoms with E-state index in [1.54, 1.807) is 31.5 Å². The Labute approximate surface area is 193 Å². The predicted octanol–water partition coefficient (Wildman–Crippen LogP) is 4.57. The molecule has 0 bridgehead atoms. The van der Waals surface area contributed by atoms with Crippen molar-refractivity contribution < 1.29 is 17.9 Å². The van der Waals surface area contributed by atoms with E-state index in [0.717, 1.165) is 16.7 Å². The van der Waals surface area contributed by atoms with Crippen LogP contribution in [0.25, 0.3) is 6.08 Å². The first-order valence-electron chi connectivity index (χ1n) is 9.99. The monoisotopic (exact) mass is 470 g/mol. The number of benzene rings is 2. The Bertz CT molecular complexity index is 1160. The molecule has 1 aromatic heterocycles. The van der Waals surface area contributed by atoms with Gasteiger partial charge in [0.25, 0.3) is 0 Å². The molecule has 1 heterocycles. The van der Waals surface area contributed by atoms with Crippen molar-refractivity contribution in [2.45, 2.75) is 24.3 Å². The molecule has 32 heavy (non-hydrogen) atoms. The Morgan fingerprint density at radius 1 is 1.12 bits per heavy atom. The minimum Gasteiger partial charge on any atom is -0.463 e. The number of nitrogens with zero attached hydrogens (tertiary/aromatic N) is 1. The molecule has 2 aromatic carbocycles.